The smallest absolute Gasteiger partial charge is 0.293 e. The Labute approximate surface area is 214 Å². The maximum atomic E-state index is 13.0. The number of amides is 2. The van der Waals surface area contributed by atoms with Gasteiger partial charge >= 0.3 is 0 Å². The van der Waals surface area contributed by atoms with Crippen molar-refractivity contribution in [2.45, 2.75) is 13.2 Å². The van der Waals surface area contributed by atoms with Gasteiger partial charge < -0.3 is 9.47 Å². The van der Waals surface area contributed by atoms with Crippen molar-refractivity contribution in [3.05, 3.63) is 109 Å². The number of benzene rings is 3. The normalized spacial score (nSPS) is 14.2. The van der Waals surface area contributed by atoms with Crippen LogP contribution in [0, 0.1) is 20.2 Å². The second kappa shape index (κ2) is 10.9. The van der Waals surface area contributed by atoms with Gasteiger partial charge in [-0.15, -0.1) is 0 Å². The molecule has 3 aromatic rings. The molecule has 1 aliphatic heterocycles. The summed E-state index contributed by atoms with van der Waals surface area (Å²) in [5, 5.41) is 22.2. The molecule has 1 saturated heterocycles. The number of nitro groups is 2. The predicted molar refractivity (Wildman–Crippen MR) is 135 cm³/mol. The summed E-state index contributed by atoms with van der Waals surface area (Å²) in [5.74, 6) is -0.309. The third kappa shape index (κ3) is 5.76. The van der Waals surface area contributed by atoms with Crippen LogP contribution in [0.5, 0.6) is 11.5 Å². The molecule has 4 rings (SSSR count). The van der Waals surface area contributed by atoms with Crippen LogP contribution >= 0.6 is 11.8 Å². The van der Waals surface area contributed by atoms with Gasteiger partial charge in [0.1, 0.15) is 6.61 Å². The molecule has 0 aromatic heterocycles. The van der Waals surface area contributed by atoms with E-state index in [9.17, 15) is 29.8 Å². The SMILES string of the molecule is COc1cc(/C=C2/SC(=O)N(Cc3cccc([N+](=O)[O-])c3)C2=O)c([N+](=O)[O-])cc1OCc1ccccc1. The number of carbonyl (C=O) groups excluding carboxylic acids is 2. The molecule has 0 unspecified atom stereocenters. The van der Waals surface area contributed by atoms with Gasteiger partial charge in [0.2, 0.25) is 0 Å². The van der Waals surface area contributed by atoms with E-state index < -0.39 is 21.0 Å². The molecule has 188 valence electrons. The number of non-ortho nitro benzene ring substituents is 1. The Balaban J connectivity index is 1.61. The number of rotatable bonds is 9. The maximum Gasteiger partial charge on any atom is 0.293 e. The Kier molecular flexibility index (Phi) is 7.49. The number of nitro benzene ring substituents is 2. The lowest BCUT2D eigenvalue weighted by Crippen LogP contribution is -2.27. The number of hydrogen-bond acceptors (Lipinski definition) is 9. The molecular weight excluding hydrogens is 502 g/mol. The highest BCUT2D eigenvalue weighted by Gasteiger charge is 2.36. The Morgan fingerprint density at radius 1 is 0.919 bits per heavy atom. The van der Waals surface area contributed by atoms with Gasteiger partial charge in [-0.2, -0.15) is 0 Å². The molecule has 12 heteroatoms. The highest BCUT2D eigenvalue weighted by Crippen LogP contribution is 2.39. The Morgan fingerprint density at radius 3 is 2.32 bits per heavy atom. The Morgan fingerprint density at radius 2 is 1.65 bits per heavy atom. The van der Waals surface area contributed by atoms with E-state index >= 15 is 0 Å². The van der Waals surface area contributed by atoms with Crippen molar-refractivity contribution in [3.8, 4) is 11.5 Å². The molecule has 0 spiro atoms. The van der Waals surface area contributed by atoms with Gasteiger partial charge in [0.05, 0.1) is 40.0 Å². The van der Waals surface area contributed by atoms with Crippen LogP contribution in [0.25, 0.3) is 6.08 Å². The fraction of sp³-hybridized carbons (Fsp3) is 0.120. The molecule has 0 aliphatic carbocycles. The Bertz CT molecular complexity index is 1420. The third-order valence-electron chi connectivity index (χ3n) is 5.37. The highest BCUT2D eigenvalue weighted by atomic mass is 32.2. The van der Waals surface area contributed by atoms with Crippen molar-refractivity contribution < 1.29 is 28.9 Å². The van der Waals surface area contributed by atoms with E-state index in [2.05, 4.69) is 0 Å². The first-order valence-corrected chi connectivity index (χ1v) is 11.6. The van der Waals surface area contributed by atoms with Crippen LogP contribution in [0.1, 0.15) is 16.7 Å². The summed E-state index contributed by atoms with van der Waals surface area (Å²) in [5.41, 5.74) is 0.792. The molecule has 0 saturated carbocycles. The quantitative estimate of drug-likeness (QED) is 0.207. The second-order valence-corrected chi connectivity index (χ2v) is 8.78. The minimum Gasteiger partial charge on any atom is -0.493 e. The maximum absolute atomic E-state index is 13.0. The number of carbonyl (C=O) groups is 2. The van der Waals surface area contributed by atoms with E-state index in [1.54, 1.807) is 6.07 Å². The van der Waals surface area contributed by atoms with Crippen molar-refractivity contribution in [1.82, 2.24) is 4.90 Å². The van der Waals surface area contributed by atoms with Crippen molar-refractivity contribution in [2.24, 2.45) is 0 Å². The van der Waals surface area contributed by atoms with Crippen LogP contribution in [0.15, 0.2) is 71.6 Å². The molecule has 1 heterocycles. The molecule has 1 fully saturated rings. The topological polar surface area (TPSA) is 142 Å². The van der Waals surface area contributed by atoms with E-state index in [4.69, 9.17) is 9.47 Å². The summed E-state index contributed by atoms with van der Waals surface area (Å²) in [6, 6.07) is 17.4. The lowest BCUT2D eigenvalue weighted by atomic mass is 10.1. The number of thioether (sulfide) groups is 1. The summed E-state index contributed by atoms with van der Waals surface area (Å²) in [4.78, 5) is 48.0. The van der Waals surface area contributed by atoms with E-state index in [1.165, 1.54) is 43.5 Å². The van der Waals surface area contributed by atoms with E-state index in [0.717, 1.165) is 10.5 Å². The molecule has 3 aromatic carbocycles. The van der Waals surface area contributed by atoms with Crippen LogP contribution in [0.3, 0.4) is 0 Å². The molecule has 0 N–H and O–H groups in total. The Hall–Kier alpha value is -4.71. The number of ether oxygens (including phenoxy) is 2. The van der Waals surface area contributed by atoms with Gasteiger partial charge in [0.15, 0.2) is 11.5 Å². The van der Waals surface area contributed by atoms with Crippen molar-refractivity contribution >= 4 is 40.4 Å². The van der Waals surface area contributed by atoms with E-state index in [-0.39, 0.29) is 46.5 Å². The van der Waals surface area contributed by atoms with Crippen molar-refractivity contribution in [2.75, 3.05) is 7.11 Å². The van der Waals surface area contributed by atoms with Crippen molar-refractivity contribution in [3.63, 3.8) is 0 Å². The van der Waals surface area contributed by atoms with E-state index in [1.807, 2.05) is 30.3 Å². The van der Waals surface area contributed by atoms with Gasteiger partial charge in [-0.1, -0.05) is 42.5 Å². The van der Waals surface area contributed by atoms with Crippen LogP contribution in [-0.4, -0.2) is 33.0 Å². The van der Waals surface area contributed by atoms with Gasteiger partial charge in [-0.05, 0) is 35.0 Å². The molecule has 0 bridgehead atoms. The first-order chi connectivity index (χ1) is 17.8. The van der Waals surface area contributed by atoms with Gasteiger partial charge in [-0.25, -0.2) is 0 Å². The highest BCUT2D eigenvalue weighted by molar-refractivity contribution is 8.18. The van der Waals surface area contributed by atoms with Gasteiger partial charge in [0, 0.05) is 12.1 Å². The van der Waals surface area contributed by atoms with Crippen LogP contribution in [0.2, 0.25) is 0 Å². The largest absolute Gasteiger partial charge is 0.493 e. The standard InChI is InChI=1S/C25H19N3O8S/c1-35-21-11-18(20(28(33)34)13-22(21)36-15-16-6-3-2-4-7-16)12-23-24(29)26(25(30)37-23)14-17-8-5-9-19(10-17)27(31)32/h2-13H,14-15H2,1H3/b23-12+. The second-order valence-electron chi connectivity index (χ2n) is 7.79. The summed E-state index contributed by atoms with van der Waals surface area (Å²) in [7, 11) is 1.38. The molecule has 37 heavy (non-hydrogen) atoms. The fourth-order valence-corrected chi connectivity index (χ4v) is 4.40. The van der Waals surface area contributed by atoms with Gasteiger partial charge in [-0.3, -0.25) is 34.7 Å². The lowest BCUT2D eigenvalue weighted by molar-refractivity contribution is -0.385. The molecule has 2 amide bonds. The molecule has 1 aliphatic rings. The number of imide groups is 1. The van der Waals surface area contributed by atoms with E-state index in [0.29, 0.717) is 17.3 Å². The summed E-state index contributed by atoms with van der Waals surface area (Å²) >= 11 is 0.622. The lowest BCUT2D eigenvalue weighted by Gasteiger charge is -2.13. The molecule has 11 nitrogen and oxygen atoms in total. The predicted octanol–water partition coefficient (Wildman–Crippen LogP) is 5.33. The zero-order chi connectivity index (χ0) is 26.5. The summed E-state index contributed by atoms with van der Waals surface area (Å²) in [6.45, 7) is -0.0222. The number of nitrogens with zero attached hydrogens (tertiary/aromatic N) is 3. The number of hydrogen-bond donors (Lipinski definition) is 0. The monoisotopic (exact) mass is 521 g/mol. The average molecular weight is 522 g/mol. The zero-order valence-corrected chi connectivity index (χ0v) is 20.2. The zero-order valence-electron chi connectivity index (χ0n) is 19.4. The first-order valence-electron chi connectivity index (χ1n) is 10.8. The molecular formula is C25H19N3O8S. The average Bonchev–Trinajstić information content (AvgIpc) is 3.15. The van der Waals surface area contributed by atoms with Crippen LogP contribution < -0.4 is 9.47 Å². The molecule has 0 radical (unpaired) electrons. The minimum absolute atomic E-state index is 0.0291. The third-order valence-corrected chi connectivity index (χ3v) is 6.28. The first kappa shape index (κ1) is 25.4. The van der Waals surface area contributed by atoms with Crippen LogP contribution in [0.4, 0.5) is 16.2 Å². The van der Waals surface area contributed by atoms with Crippen LogP contribution in [-0.2, 0) is 17.9 Å². The van der Waals surface area contributed by atoms with Crippen molar-refractivity contribution in [1.29, 1.82) is 0 Å². The number of methoxy groups -OCH3 is 1. The van der Waals surface area contributed by atoms with Gasteiger partial charge in [0.25, 0.3) is 22.5 Å². The minimum atomic E-state index is -0.667. The summed E-state index contributed by atoms with van der Waals surface area (Å²) < 4.78 is 11.1. The molecule has 0 atom stereocenters. The summed E-state index contributed by atoms with van der Waals surface area (Å²) in [6.07, 6.45) is 1.25. The fourth-order valence-electron chi connectivity index (χ4n) is 3.57.